The predicted octanol–water partition coefficient (Wildman–Crippen LogP) is 3.25. The lowest BCUT2D eigenvalue weighted by Crippen LogP contribution is -2.30. The van der Waals surface area contributed by atoms with Gasteiger partial charge in [0.05, 0.1) is 6.04 Å². The minimum Gasteiger partial charge on any atom is -0.381 e. The van der Waals surface area contributed by atoms with E-state index in [1.54, 1.807) is 6.07 Å². The first-order valence-electron chi connectivity index (χ1n) is 9.21. The molecule has 2 aromatic rings. The summed E-state index contributed by atoms with van der Waals surface area (Å²) in [5, 5.41) is 13.2. The van der Waals surface area contributed by atoms with E-state index in [1.807, 2.05) is 25.1 Å². The minimum atomic E-state index is -0.587. The van der Waals surface area contributed by atoms with Crippen LogP contribution in [-0.2, 0) is 5.41 Å². The number of carbonyl (C=O) groups excluding carboxylic acids is 2. The molecule has 1 amide bonds. The SMILES string of the molecule is C=C(CC(C)(C)c1cccc(NC(=O)c2cc(C=O)c[nH]c2=O)c1)NC(C)C=N. The number of H-pyrrole nitrogens is 1. The number of amides is 1. The van der Waals surface area contributed by atoms with Crippen molar-refractivity contribution in [1.82, 2.24) is 10.3 Å². The summed E-state index contributed by atoms with van der Waals surface area (Å²) in [4.78, 5) is 37.7. The van der Waals surface area contributed by atoms with Crippen molar-refractivity contribution in [1.29, 1.82) is 5.41 Å². The fourth-order valence-corrected chi connectivity index (χ4v) is 3.00. The molecule has 0 saturated carbocycles. The zero-order valence-electron chi connectivity index (χ0n) is 16.8. The molecule has 0 fully saturated rings. The van der Waals surface area contributed by atoms with Crippen molar-refractivity contribution >= 4 is 24.1 Å². The molecule has 1 heterocycles. The minimum absolute atomic E-state index is 0.0934. The van der Waals surface area contributed by atoms with Crippen LogP contribution in [0.4, 0.5) is 5.69 Å². The first kappa shape index (κ1) is 21.8. The van der Waals surface area contributed by atoms with E-state index in [0.29, 0.717) is 18.4 Å². The Balaban J connectivity index is 2.19. The number of rotatable bonds is 9. The van der Waals surface area contributed by atoms with Crippen molar-refractivity contribution in [2.24, 2.45) is 0 Å². The lowest BCUT2D eigenvalue weighted by molar-refractivity contribution is 0.102. The fraction of sp³-hybridized carbons (Fsp3) is 0.273. The zero-order valence-corrected chi connectivity index (χ0v) is 16.8. The van der Waals surface area contributed by atoms with Gasteiger partial charge in [0.2, 0.25) is 0 Å². The number of carbonyl (C=O) groups is 2. The van der Waals surface area contributed by atoms with Crippen molar-refractivity contribution in [3.63, 3.8) is 0 Å². The van der Waals surface area contributed by atoms with Crippen LogP contribution in [0.15, 0.2) is 53.6 Å². The number of aromatic amines is 1. The molecule has 4 N–H and O–H groups in total. The van der Waals surface area contributed by atoms with Crippen molar-refractivity contribution in [3.8, 4) is 0 Å². The number of aldehydes is 1. The van der Waals surface area contributed by atoms with E-state index in [2.05, 4.69) is 36.0 Å². The summed E-state index contributed by atoms with van der Waals surface area (Å²) in [6, 6.07) is 8.54. The normalized spacial score (nSPS) is 12.0. The van der Waals surface area contributed by atoms with Crippen molar-refractivity contribution in [2.75, 3.05) is 5.32 Å². The second kappa shape index (κ2) is 9.14. The van der Waals surface area contributed by atoms with E-state index in [4.69, 9.17) is 5.41 Å². The number of benzene rings is 1. The van der Waals surface area contributed by atoms with Gasteiger partial charge in [0.1, 0.15) is 5.56 Å². The summed E-state index contributed by atoms with van der Waals surface area (Å²) in [7, 11) is 0. The van der Waals surface area contributed by atoms with E-state index in [-0.39, 0.29) is 22.6 Å². The molecule has 1 aromatic heterocycles. The summed E-state index contributed by atoms with van der Waals surface area (Å²) < 4.78 is 0. The first-order valence-corrected chi connectivity index (χ1v) is 9.21. The van der Waals surface area contributed by atoms with Crippen LogP contribution in [0.2, 0.25) is 0 Å². The van der Waals surface area contributed by atoms with E-state index in [9.17, 15) is 14.4 Å². The molecule has 0 aliphatic rings. The van der Waals surface area contributed by atoms with E-state index in [0.717, 1.165) is 11.3 Å². The third kappa shape index (κ3) is 5.75. The second-order valence-electron chi connectivity index (χ2n) is 7.59. The highest BCUT2D eigenvalue weighted by atomic mass is 16.2. The molecule has 152 valence electrons. The molecule has 0 saturated heterocycles. The van der Waals surface area contributed by atoms with E-state index < -0.39 is 11.5 Å². The maximum atomic E-state index is 12.5. The molecule has 0 spiro atoms. The summed E-state index contributed by atoms with van der Waals surface area (Å²) >= 11 is 0. The van der Waals surface area contributed by atoms with Gasteiger partial charge in [0, 0.05) is 29.4 Å². The molecule has 0 bridgehead atoms. The van der Waals surface area contributed by atoms with Gasteiger partial charge in [-0.2, -0.15) is 0 Å². The number of aromatic nitrogens is 1. The number of allylic oxidation sites excluding steroid dienone is 1. The second-order valence-corrected chi connectivity index (χ2v) is 7.59. The highest BCUT2D eigenvalue weighted by Gasteiger charge is 2.23. The highest BCUT2D eigenvalue weighted by Crippen LogP contribution is 2.31. The summed E-state index contributed by atoms with van der Waals surface area (Å²) in [5.41, 5.74) is 1.60. The van der Waals surface area contributed by atoms with Gasteiger partial charge in [0.25, 0.3) is 11.5 Å². The molecule has 1 unspecified atom stereocenters. The molecule has 0 radical (unpaired) electrons. The summed E-state index contributed by atoms with van der Waals surface area (Å²) in [6.45, 7) is 10.0. The molecule has 2 rings (SSSR count). The smallest absolute Gasteiger partial charge is 0.261 e. The monoisotopic (exact) mass is 394 g/mol. The lowest BCUT2D eigenvalue weighted by atomic mass is 9.80. The van der Waals surface area contributed by atoms with Crippen LogP contribution in [-0.4, -0.2) is 29.4 Å². The van der Waals surface area contributed by atoms with Crippen LogP contribution < -0.4 is 16.2 Å². The Morgan fingerprint density at radius 2 is 2.07 bits per heavy atom. The Morgan fingerprint density at radius 3 is 2.72 bits per heavy atom. The fourth-order valence-electron chi connectivity index (χ4n) is 3.00. The average molecular weight is 394 g/mol. The van der Waals surface area contributed by atoms with Gasteiger partial charge < -0.3 is 21.0 Å². The molecule has 7 heteroatoms. The Morgan fingerprint density at radius 1 is 1.34 bits per heavy atom. The number of hydrogen-bond donors (Lipinski definition) is 4. The molecule has 0 aliphatic carbocycles. The van der Waals surface area contributed by atoms with Gasteiger partial charge in [-0.25, -0.2) is 0 Å². The highest BCUT2D eigenvalue weighted by molar-refractivity contribution is 6.04. The van der Waals surface area contributed by atoms with Gasteiger partial charge in [-0.05, 0) is 42.5 Å². The molecular weight excluding hydrogens is 368 g/mol. The molecule has 1 atom stereocenters. The third-order valence-corrected chi connectivity index (χ3v) is 4.55. The summed E-state index contributed by atoms with van der Waals surface area (Å²) in [5.74, 6) is -0.587. The maximum absolute atomic E-state index is 12.5. The van der Waals surface area contributed by atoms with Crippen LogP contribution in [0.25, 0.3) is 0 Å². The van der Waals surface area contributed by atoms with Gasteiger partial charge in [-0.15, -0.1) is 0 Å². The first-order chi connectivity index (χ1) is 13.7. The molecule has 0 aliphatic heterocycles. The lowest BCUT2D eigenvalue weighted by Gasteiger charge is -2.28. The van der Waals surface area contributed by atoms with Crippen molar-refractivity contribution in [2.45, 2.75) is 38.6 Å². The molecule has 29 heavy (non-hydrogen) atoms. The number of nitrogens with one attached hydrogen (secondary N) is 4. The standard InChI is InChI=1S/C22H26N4O3/c1-14(25-15(2)11-23)10-22(3,4)17-6-5-7-18(9-17)26-21(29)19-8-16(13-27)12-24-20(19)28/h5-9,11-13,15,23,25H,1,10H2,2-4H3,(H,24,28)(H,26,29). The van der Waals surface area contributed by atoms with Gasteiger partial charge in [-0.3, -0.25) is 14.4 Å². The van der Waals surface area contributed by atoms with E-state index >= 15 is 0 Å². The largest absolute Gasteiger partial charge is 0.381 e. The summed E-state index contributed by atoms with van der Waals surface area (Å²) in [6.07, 6.45) is 3.78. The van der Waals surface area contributed by atoms with Crippen molar-refractivity contribution < 1.29 is 9.59 Å². The Hall–Kier alpha value is -3.48. The van der Waals surface area contributed by atoms with Gasteiger partial charge in [-0.1, -0.05) is 32.6 Å². The Kier molecular flexibility index (Phi) is 6.88. The Bertz CT molecular complexity index is 992. The maximum Gasteiger partial charge on any atom is 0.261 e. The van der Waals surface area contributed by atoms with Crippen LogP contribution in [0.3, 0.4) is 0 Å². The van der Waals surface area contributed by atoms with Crippen LogP contribution >= 0.6 is 0 Å². The molecular formula is C22H26N4O3. The van der Waals surface area contributed by atoms with Crippen LogP contribution in [0.1, 0.15) is 53.5 Å². The number of pyridine rings is 1. The third-order valence-electron chi connectivity index (χ3n) is 4.55. The van der Waals surface area contributed by atoms with Crippen LogP contribution in [0.5, 0.6) is 0 Å². The van der Waals surface area contributed by atoms with Gasteiger partial charge >= 0.3 is 0 Å². The average Bonchev–Trinajstić information content (AvgIpc) is 2.67. The molecule has 1 aromatic carbocycles. The zero-order chi connectivity index (χ0) is 21.6. The predicted molar refractivity (Wildman–Crippen MR) is 115 cm³/mol. The molecule has 7 nitrogen and oxygen atoms in total. The van der Waals surface area contributed by atoms with E-state index in [1.165, 1.54) is 18.5 Å². The van der Waals surface area contributed by atoms with Crippen LogP contribution in [0, 0.1) is 5.41 Å². The van der Waals surface area contributed by atoms with Gasteiger partial charge in [0.15, 0.2) is 6.29 Å². The quantitative estimate of drug-likeness (QED) is 0.386. The number of anilines is 1. The van der Waals surface area contributed by atoms with Crippen molar-refractivity contribution in [3.05, 3.63) is 75.8 Å². The Labute approximate surface area is 169 Å². The number of hydrogen-bond acceptors (Lipinski definition) is 5. The topological polar surface area (TPSA) is 115 Å².